The number of ether oxygens (including phenoxy) is 2. The third-order valence-corrected chi connectivity index (χ3v) is 4.27. The van der Waals surface area contributed by atoms with E-state index in [1.165, 1.54) is 11.5 Å². The van der Waals surface area contributed by atoms with Crippen molar-refractivity contribution in [2.45, 2.75) is 6.92 Å². The molecule has 0 aliphatic rings. The topological polar surface area (TPSA) is 82.5 Å². The Morgan fingerprint density at radius 3 is 2.32 bits per heavy atom. The van der Waals surface area contributed by atoms with Crippen molar-refractivity contribution < 1.29 is 14.3 Å². The van der Waals surface area contributed by atoms with E-state index in [9.17, 15) is 9.59 Å². The van der Waals surface area contributed by atoms with Crippen LogP contribution in [0.15, 0.2) is 41.2 Å². The van der Waals surface area contributed by atoms with Crippen LogP contribution < -0.4 is 20.3 Å². The van der Waals surface area contributed by atoms with E-state index < -0.39 is 0 Å². The molecule has 0 radical (unpaired) electrons. The predicted octanol–water partition coefficient (Wildman–Crippen LogP) is 3.08. The van der Waals surface area contributed by atoms with Crippen molar-refractivity contribution in [3.8, 4) is 11.5 Å². The minimum atomic E-state index is -0.217. The molecule has 1 heterocycles. The summed E-state index contributed by atoms with van der Waals surface area (Å²) in [6.45, 7) is 1.46. The van der Waals surface area contributed by atoms with E-state index in [4.69, 9.17) is 9.47 Å². The normalized spacial score (nSPS) is 11.0. The van der Waals surface area contributed by atoms with Gasteiger partial charge in [0.05, 0.1) is 25.3 Å². The van der Waals surface area contributed by atoms with Crippen LogP contribution in [-0.2, 0) is 11.8 Å². The van der Waals surface area contributed by atoms with Crippen molar-refractivity contribution in [1.82, 2.24) is 9.55 Å². The monoisotopic (exact) mass is 379 g/mol. The molecule has 0 saturated carbocycles. The van der Waals surface area contributed by atoms with Crippen LogP contribution in [0, 0.1) is 0 Å². The molecule has 28 heavy (non-hydrogen) atoms. The molecule has 3 rings (SSSR count). The largest absolute Gasteiger partial charge is 0.493 e. The number of carbonyl (C=O) groups excluding carboxylic acids is 1. The van der Waals surface area contributed by atoms with E-state index in [-0.39, 0.29) is 11.5 Å². The highest BCUT2D eigenvalue weighted by Crippen LogP contribution is 2.30. The summed E-state index contributed by atoms with van der Waals surface area (Å²) in [5.41, 5.74) is 2.97. The summed E-state index contributed by atoms with van der Waals surface area (Å²) in [6.07, 6.45) is 3.47. The summed E-state index contributed by atoms with van der Waals surface area (Å²) >= 11 is 0. The number of benzene rings is 2. The Morgan fingerprint density at radius 1 is 1.07 bits per heavy atom. The molecule has 3 aromatic rings. The molecule has 7 heteroatoms. The molecule has 0 aliphatic carbocycles. The maximum absolute atomic E-state index is 12.7. The van der Waals surface area contributed by atoms with Gasteiger partial charge in [0.1, 0.15) is 5.69 Å². The third kappa shape index (κ3) is 3.88. The molecule has 144 valence electrons. The molecule has 1 N–H and O–H groups in total. The first-order valence-corrected chi connectivity index (χ1v) is 8.61. The highest BCUT2D eigenvalue weighted by molar-refractivity contribution is 5.88. The van der Waals surface area contributed by atoms with Crippen LogP contribution >= 0.6 is 0 Å². The van der Waals surface area contributed by atoms with Gasteiger partial charge in [-0.05, 0) is 23.8 Å². The molecule has 0 aliphatic heterocycles. The summed E-state index contributed by atoms with van der Waals surface area (Å²) in [4.78, 5) is 28.2. The Balaban J connectivity index is 1.98. The van der Waals surface area contributed by atoms with Crippen LogP contribution in [0.4, 0.5) is 5.69 Å². The van der Waals surface area contributed by atoms with Gasteiger partial charge in [-0.3, -0.25) is 9.59 Å². The lowest BCUT2D eigenvalue weighted by atomic mass is 10.1. The fourth-order valence-electron chi connectivity index (χ4n) is 2.84. The zero-order valence-corrected chi connectivity index (χ0v) is 16.1. The second-order valence-corrected chi connectivity index (χ2v) is 6.19. The summed E-state index contributed by atoms with van der Waals surface area (Å²) in [5.74, 6) is 0.957. The Morgan fingerprint density at radius 2 is 1.71 bits per heavy atom. The zero-order chi connectivity index (χ0) is 20.3. The molecule has 7 nitrogen and oxygen atoms in total. The molecule has 0 fully saturated rings. The van der Waals surface area contributed by atoms with E-state index >= 15 is 0 Å². The molecule has 1 amide bonds. The highest BCUT2D eigenvalue weighted by Gasteiger charge is 2.12. The summed E-state index contributed by atoms with van der Waals surface area (Å²) in [6, 6.07) is 10.8. The van der Waals surface area contributed by atoms with Gasteiger partial charge in [-0.25, -0.2) is 4.98 Å². The predicted molar refractivity (Wildman–Crippen MR) is 110 cm³/mol. The molecular weight excluding hydrogens is 358 g/mol. The summed E-state index contributed by atoms with van der Waals surface area (Å²) < 4.78 is 12.2. The number of hydrogen-bond acceptors (Lipinski definition) is 5. The van der Waals surface area contributed by atoms with Crippen LogP contribution in [0.1, 0.15) is 18.2 Å². The first-order chi connectivity index (χ1) is 13.4. The number of rotatable bonds is 5. The van der Waals surface area contributed by atoms with E-state index in [2.05, 4.69) is 10.3 Å². The van der Waals surface area contributed by atoms with Crippen molar-refractivity contribution in [3.05, 3.63) is 58.0 Å². The standard InChI is InChI=1S/C21H21N3O4/c1-13(25)22-15-8-5-14(6-9-15)7-10-16-21(26)24(2)18-12-20(28-4)19(27-3)11-17(18)23-16/h5-12H,1-4H3,(H,22,25)/b10-7+. The minimum Gasteiger partial charge on any atom is -0.493 e. The number of fused-ring (bicyclic) bond motifs is 1. The lowest BCUT2D eigenvalue weighted by molar-refractivity contribution is -0.114. The smallest absolute Gasteiger partial charge is 0.276 e. The second kappa shape index (κ2) is 7.96. The van der Waals surface area contributed by atoms with E-state index in [0.29, 0.717) is 33.9 Å². The van der Waals surface area contributed by atoms with Crippen molar-refractivity contribution in [1.29, 1.82) is 0 Å². The first kappa shape index (κ1) is 19.2. The Kier molecular flexibility index (Phi) is 5.44. The van der Waals surface area contributed by atoms with Crippen molar-refractivity contribution in [3.63, 3.8) is 0 Å². The molecule has 0 unspecified atom stereocenters. The van der Waals surface area contributed by atoms with Gasteiger partial charge in [-0.2, -0.15) is 0 Å². The van der Waals surface area contributed by atoms with E-state index in [0.717, 1.165) is 5.56 Å². The Bertz CT molecular complexity index is 1120. The van der Waals surface area contributed by atoms with Crippen LogP contribution in [0.2, 0.25) is 0 Å². The highest BCUT2D eigenvalue weighted by atomic mass is 16.5. The van der Waals surface area contributed by atoms with Crippen LogP contribution in [-0.4, -0.2) is 29.7 Å². The number of aryl methyl sites for hydroxylation is 1. The maximum atomic E-state index is 12.7. The van der Waals surface area contributed by atoms with Gasteiger partial charge in [-0.15, -0.1) is 0 Å². The van der Waals surface area contributed by atoms with Gasteiger partial charge in [0, 0.05) is 31.8 Å². The molecule has 0 bridgehead atoms. The van der Waals surface area contributed by atoms with Gasteiger partial charge < -0.3 is 19.4 Å². The van der Waals surface area contributed by atoms with Crippen LogP contribution in [0.3, 0.4) is 0 Å². The van der Waals surface area contributed by atoms with Crippen molar-refractivity contribution in [2.75, 3.05) is 19.5 Å². The summed E-state index contributed by atoms with van der Waals surface area (Å²) in [7, 11) is 4.79. The molecule has 0 saturated heterocycles. The lowest BCUT2D eigenvalue weighted by Crippen LogP contribution is -2.21. The van der Waals surface area contributed by atoms with Crippen molar-refractivity contribution in [2.24, 2.45) is 7.05 Å². The SMILES string of the molecule is COc1cc2nc(/C=C/c3ccc(NC(C)=O)cc3)c(=O)n(C)c2cc1OC. The third-order valence-electron chi connectivity index (χ3n) is 4.27. The molecule has 1 aromatic heterocycles. The lowest BCUT2D eigenvalue weighted by Gasteiger charge is -2.11. The first-order valence-electron chi connectivity index (χ1n) is 8.61. The summed E-state index contributed by atoms with van der Waals surface area (Å²) in [5, 5.41) is 2.71. The van der Waals surface area contributed by atoms with Crippen molar-refractivity contribution >= 4 is 34.8 Å². The average molecular weight is 379 g/mol. The second-order valence-electron chi connectivity index (χ2n) is 6.19. The van der Waals surface area contributed by atoms with Crippen LogP contribution in [0.25, 0.3) is 23.2 Å². The number of aromatic nitrogens is 2. The van der Waals surface area contributed by atoms with Gasteiger partial charge in [0.15, 0.2) is 11.5 Å². The van der Waals surface area contributed by atoms with Crippen LogP contribution in [0.5, 0.6) is 11.5 Å². The number of nitrogens with one attached hydrogen (secondary N) is 1. The molecule has 0 spiro atoms. The van der Waals surface area contributed by atoms with Gasteiger partial charge in [0.25, 0.3) is 5.56 Å². The van der Waals surface area contributed by atoms with E-state index in [1.807, 2.05) is 12.1 Å². The number of nitrogens with zero attached hydrogens (tertiary/aromatic N) is 2. The number of methoxy groups -OCH3 is 2. The molecule has 2 aromatic carbocycles. The maximum Gasteiger partial charge on any atom is 0.276 e. The fourth-order valence-corrected chi connectivity index (χ4v) is 2.84. The average Bonchev–Trinajstić information content (AvgIpc) is 2.69. The molecule has 0 atom stereocenters. The Labute approximate surface area is 162 Å². The zero-order valence-electron chi connectivity index (χ0n) is 16.1. The fraction of sp³-hybridized carbons (Fsp3) is 0.190. The number of anilines is 1. The number of carbonyl (C=O) groups is 1. The Hall–Kier alpha value is -3.61. The van der Waals surface area contributed by atoms with Gasteiger partial charge in [-0.1, -0.05) is 18.2 Å². The van der Waals surface area contributed by atoms with Gasteiger partial charge >= 0.3 is 0 Å². The minimum absolute atomic E-state index is 0.126. The number of hydrogen-bond donors (Lipinski definition) is 1. The number of amides is 1. The van der Waals surface area contributed by atoms with E-state index in [1.54, 1.807) is 57.7 Å². The molecular formula is C21H21N3O4. The quantitative estimate of drug-likeness (QED) is 0.737. The van der Waals surface area contributed by atoms with Gasteiger partial charge in [0.2, 0.25) is 5.91 Å².